The van der Waals surface area contributed by atoms with E-state index in [1.165, 1.54) is 29.2 Å². The number of nitrogens with zero attached hydrogens (tertiary/aromatic N) is 4. The number of hydrogen-bond donors (Lipinski definition) is 2. The molecule has 0 saturated heterocycles. The highest BCUT2D eigenvalue weighted by atomic mass is 35.5. The van der Waals surface area contributed by atoms with Gasteiger partial charge in [-0.2, -0.15) is 13.4 Å². The number of ether oxygens (including phenoxy) is 1. The zero-order valence-corrected chi connectivity index (χ0v) is 23.9. The van der Waals surface area contributed by atoms with Crippen LogP contribution in [0.1, 0.15) is 29.8 Å². The minimum atomic E-state index is -4.19. The van der Waals surface area contributed by atoms with Crippen LogP contribution in [-0.2, 0) is 16.7 Å². The van der Waals surface area contributed by atoms with Crippen molar-refractivity contribution in [2.75, 3.05) is 19.0 Å². The first kappa shape index (κ1) is 28.7. The number of anilines is 1. The lowest BCUT2D eigenvalue weighted by atomic mass is 10.1. The van der Waals surface area contributed by atoms with Crippen molar-refractivity contribution in [2.24, 2.45) is 21.5 Å². The van der Waals surface area contributed by atoms with E-state index in [9.17, 15) is 13.2 Å². The van der Waals surface area contributed by atoms with Gasteiger partial charge in [-0.1, -0.05) is 35.9 Å². The molecule has 0 bridgehead atoms. The molecular formula is C27H29ClN6O5S. The first-order valence-corrected chi connectivity index (χ1v) is 13.8. The quantitative estimate of drug-likeness (QED) is 0.381. The Morgan fingerprint density at radius 2 is 1.70 bits per heavy atom. The third-order valence-electron chi connectivity index (χ3n) is 5.90. The molecule has 4 rings (SSSR count). The van der Waals surface area contributed by atoms with Crippen molar-refractivity contribution < 1.29 is 22.1 Å². The third-order valence-corrected chi connectivity index (χ3v) is 7.44. The van der Waals surface area contributed by atoms with Gasteiger partial charge < -0.3 is 25.3 Å². The van der Waals surface area contributed by atoms with Gasteiger partial charge in [-0.25, -0.2) is 4.99 Å². The summed E-state index contributed by atoms with van der Waals surface area (Å²) in [6, 6.07) is 17.3. The van der Waals surface area contributed by atoms with Gasteiger partial charge in [0.2, 0.25) is 11.9 Å². The summed E-state index contributed by atoms with van der Waals surface area (Å²) in [6.45, 7) is 3.81. The summed E-state index contributed by atoms with van der Waals surface area (Å²) in [4.78, 5) is 23.7. The molecule has 210 valence electrons. The third kappa shape index (κ3) is 6.13. The van der Waals surface area contributed by atoms with Crippen molar-refractivity contribution in [2.45, 2.75) is 31.0 Å². The van der Waals surface area contributed by atoms with E-state index in [1.54, 1.807) is 61.5 Å². The standard InChI is InChI=1S/C27H29ClN6O5S/c1-27(2)32-25(29)31-26(30)34(27)18-11-14-23(21(28)15-18)38-16-17-9-12-19(13-10-17)40(36,37)39-22-8-6-5-7-20(22)24(35)33(3)4/h5-15H,16H2,1-4H3,(H4,29,30,31,32). The molecule has 0 spiro atoms. The van der Waals surface area contributed by atoms with Gasteiger partial charge in [0.05, 0.1) is 10.6 Å². The van der Waals surface area contributed by atoms with Gasteiger partial charge in [-0.3, -0.25) is 9.69 Å². The molecule has 0 radical (unpaired) electrons. The summed E-state index contributed by atoms with van der Waals surface area (Å²) in [5, 5.41) is 0.335. The normalized spacial score (nSPS) is 14.7. The number of carbonyl (C=O) groups is 1. The van der Waals surface area contributed by atoms with E-state index >= 15 is 0 Å². The summed E-state index contributed by atoms with van der Waals surface area (Å²) in [6.07, 6.45) is 0. The number of benzene rings is 3. The number of halogens is 1. The number of guanidine groups is 2. The maximum absolute atomic E-state index is 12.9. The number of aliphatic imine (C=N–C) groups is 2. The molecule has 1 aliphatic heterocycles. The molecule has 40 heavy (non-hydrogen) atoms. The minimum absolute atomic E-state index is 0.0528. The highest BCUT2D eigenvalue weighted by molar-refractivity contribution is 7.87. The highest BCUT2D eigenvalue weighted by Gasteiger charge is 2.33. The van der Waals surface area contributed by atoms with Crippen LogP contribution >= 0.6 is 11.6 Å². The van der Waals surface area contributed by atoms with E-state index in [2.05, 4.69) is 9.98 Å². The van der Waals surface area contributed by atoms with Crippen LogP contribution < -0.4 is 25.3 Å². The Kier molecular flexibility index (Phi) is 7.94. The molecule has 1 heterocycles. The topological polar surface area (TPSA) is 153 Å². The van der Waals surface area contributed by atoms with Gasteiger partial charge >= 0.3 is 10.1 Å². The molecule has 0 fully saturated rings. The predicted molar refractivity (Wildman–Crippen MR) is 154 cm³/mol. The lowest BCUT2D eigenvalue weighted by Gasteiger charge is -2.38. The number of hydrogen-bond acceptors (Lipinski definition) is 10. The van der Waals surface area contributed by atoms with Crippen molar-refractivity contribution >= 4 is 45.2 Å². The molecule has 0 aromatic heterocycles. The smallest absolute Gasteiger partial charge is 0.339 e. The van der Waals surface area contributed by atoms with Crippen LogP contribution in [0.5, 0.6) is 11.5 Å². The van der Waals surface area contributed by atoms with E-state index < -0.39 is 15.8 Å². The summed E-state index contributed by atoms with van der Waals surface area (Å²) < 4.78 is 37.0. The molecule has 4 N–H and O–H groups in total. The Balaban J connectivity index is 1.45. The summed E-state index contributed by atoms with van der Waals surface area (Å²) >= 11 is 6.49. The summed E-state index contributed by atoms with van der Waals surface area (Å²) in [5.74, 6) is 0.275. The molecule has 11 nitrogen and oxygen atoms in total. The number of para-hydroxylation sites is 1. The second-order valence-corrected chi connectivity index (χ2v) is 11.5. The van der Waals surface area contributed by atoms with Crippen molar-refractivity contribution in [3.05, 3.63) is 82.9 Å². The summed E-state index contributed by atoms with van der Waals surface area (Å²) in [7, 11) is -1.05. The van der Waals surface area contributed by atoms with Crippen LogP contribution in [0.25, 0.3) is 0 Å². The SMILES string of the molecule is CN(C)C(=O)c1ccccc1OS(=O)(=O)c1ccc(COc2ccc(N3C(N)=NC(N)=NC3(C)C)cc2Cl)cc1. The van der Waals surface area contributed by atoms with E-state index in [-0.39, 0.29) is 40.6 Å². The lowest BCUT2D eigenvalue weighted by Crippen LogP contribution is -2.54. The number of carbonyl (C=O) groups excluding carboxylic acids is 1. The van der Waals surface area contributed by atoms with E-state index in [0.29, 0.717) is 22.0 Å². The molecule has 1 aliphatic rings. The fraction of sp³-hybridized carbons (Fsp3) is 0.222. The number of amides is 1. The molecule has 0 saturated carbocycles. The zero-order chi connectivity index (χ0) is 29.2. The number of rotatable bonds is 8. The van der Waals surface area contributed by atoms with Gasteiger partial charge in [0.25, 0.3) is 5.91 Å². The highest BCUT2D eigenvalue weighted by Crippen LogP contribution is 2.34. The van der Waals surface area contributed by atoms with Crippen LogP contribution in [0, 0.1) is 0 Å². The second kappa shape index (κ2) is 11.1. The average Bonchev–Trinajstić information content (AvgIpc) is 2.87. The molecule has 3 aromatic rings. The van der Waals surface area contributed by atoms with Gasteiger partial charge in [-0.05, 0) is 61.9 Å². The first-order valence-electron chi connectivity index (χ1n) is 12.0. The monoisotopic (exact) mass is 584 g/mol. The van der Waals surface area contributed by atoms with Crippen molar-refractivity contribution in [1.82, 2.24) is 4.90 Å². The molecule has 0 aliphatic carbocycles. The van der Waals surface area contributed by atoms with Crippen LogP contribution in [0.15, 0.2) is 81.6 Å². The minimum Gasteiger partial charge on any atom is -0.487 e. The van der Waals surface area contributed by atoms with Gasteiger partial charge in [0.1, 0.15) is 22.9 Å². The Labute approximate surface area is 237 Å². The molecule has 13 heteroatoms. The lowest BCUT2D eigenvalue weighted by molar-refractivity contribution is 0.0826. The molecule has 1 amide bonds. The van der Waals surface area contributed by atoms with Gasteiger partial charge in [0.15, 0.2) is 5.75 Å². The maximum atomic E-state index is 12.9. The first-order chi connectivity index (χ1) is 18.8. The Morgan fingerprint density at radius 3 is 2.33 bits per heavy atom. The van der Waals surface area contributed by atoms with Crippen LogP contribution in [0.4, 0.5) is 5.69 Å². The van der Waals surface area contributed by atoms with Crippen LogP contribution in [-0.4, -0.2) is 50.9 Å². The van der Waals surface area contributed by atoms with Gasteiger partial charge in [-0.15, -0.1) is 0 Å². The van der Waals surface area contributed by atoms with Gasteiger partial charge in [0, 0.05) is 19.8 Å². The molecule has 0 unspecified atom stereocenters. The largest absolute Gasteiger partial charge is 0.487 e. The van der Waals surface area contributed by atoms with Crippen LogP contribution in [0.3, 0.4) is 0 Å². The van der Waals surface area contributed by atoms with Crippen LogP contribution in [0.2, 0.25) is 5.02 Å². The molecule has 3 aromatic carbocycles. The van der Waals surface area contributed by atoms with Crippen molar-refractivity contribution in [1.29, 1.82) is 0 Å². The van der Waals surface area contributed by atoms with Crippen molar-refractivity contribution in [3.63, 3.8) is 0 Å². The predicted octanol–water partition coefficient (Wildman–Crippen LogP) is 3.57. The number of nitrogens with two attached hydrogens (primary N) is 2. The van der Waals surface area contributed by atoms with E-state index in [4.69, 9.17) is 32.0 Å². The fourth-order valence-corrected chi connectivity index (χ4v) is 5.21. The van der Waals surface area contributed by atoms with E-state index in [0.717, 1.165) is 0 Å². The Morgan fingerprint density at radius 1 is 1.02 bits per heavy atom. The Bertz CT molecular complexity index is 1600. The summed E-state index contributed by atoms with van der Waals surface area (Å²) in [5.41, 5.74) is 12.6. The van der Waals surface area contributed by atoms with E-state index in [1.807, 2.05) is 13.8 Å². The van der Waals surface area contributed by atoms with Crippen molar-refractivity contribution in [3.8, 4) is 11.5 Å². The zero-order valence-electron chi connectivity index (χ0n) is 22.3. The second-order valence-electron chi connectivity index (χ2n) is 9.55. The Hall–Kier alpha value is -4.29. The molecular weight excluding hydrogens is 556 g/mol. The molecule has 0 atom stereocenters. The average molecular weight is 585 g/mol. The maximum Gasteiger partial charge on any atom is 0.339 e. The fourth-order valence-electron chi connectivity index (χ4n) is 4.03.